The van der Waals surface area contributed by atoms with Crippen molar-refractivity contribution in [3.8, 4) is 0 Å². The molecule has 1 aromatic rings. The average molecular weight is 293 g/mol. The van der Waals surface area contributed by atoms with Crippen LogP contribution in [-0.2, 0) is 0 Å². The van der Waals surface area contributed by atoms with E-state index in [4.69, 9.17) is 0 Å². The molecular formula is C14H23N5O2. The van der Waals surface area contributed by atoms with Gasteiger partial charge in [-0.15, -0.1) is 0 Å². The van der Waals surface area contributed by atoms with Gasteiger partial charge in [-0.2, -0.15) is 0 Å². The fourth-order valence-electron chi connectivity index (χ4n) is 2.23. The maximum atomic E-state index is 11.1. The zero-order chi connectivity index (χ0) is 15.4. The van der Waals surface area contributed by atoms with E-state index in [-0.39, 0.29) is 10.6 Å². The molecule has 7 nitrogen and oxygen atoms in total. The van der Waals surface area contributed by atoms with Gasteiger partial charge in [0.1, 0.15) is 5.82 Å². The summed E-state index contributed by atoms with van der Waals surface area (Å²) in [6, 6.07) is 3.29. The van der Waals surface area contributed by atoms with Gasteiger partial charge >= 0.3 is 5.69 Å². The molecule has 0 spiro atoms. The van der Waals surface area contributed by atoms with Gasteiger partial charge in [0.05, 0.1) is 4.92 Å². The molecule has 7 heteroatoms. The van der Waals surface area contributed by atoms with Gasteiger partial charge in [0, 0.05) is 38.8 Å². The fraction of sp³-hybridized carbons (Fsp3) is 0.643. The monoisotopic (exact) mass is 293 g/mol. The highest BCUT2D eigenvalue weighted by molar-refractivity contribution is 5.61. The maximum Gasteiger partial charge on any atom is 0.311 e. The molecule has 0 unspecified atom stereocenters. The summed E-state index contributed by atoms with van der Waals surface area (Å²) in [5, 5.41) is 14.2. The number of aromatic nitrogens is 1. The standard InChI is InChI=1S/C14H23N5O2/c1-11(2)10-15-14-12(19(20)21)4-5-13(16-14)18-8-6-17(3)7-9-18/h4-5,11H,6-10H2,1-3H3,(H,15,16). The van der Waals surface area contributed by atoms with Crippen LogP contribution >= 0.6 is 0 Å². The van der Waals surface area contributed by atoms with Gasteiger partial charge in [-0.1, -0.05) is 13.8 Å². The summed E-state index contributed by atoms with van der Waals surface area (Å²) in [7, 11) is 2.09. The molecular weight excluding hydrogens is 270 g/mol. The molecule has 1 aromatic heterocycles. The second-order valence-corrected chi connectivity index (χ2v) is 5.86. The number of hydrogen-bond acceptors (Lipinski definition) is 6. The van der Waals surface area contributed by atoms with Crippen molar-refractivity contribution in [2.75, 3.05) is 50.0 Å². The van der Waals surface area contributed by atoms with E-state index in [2.05, 4.69) is 41.0 Å². The topological polar surface area (TPSA) is 74.5 Å². The van der Waals surface area contributed by atoms with E-state index in [0.29, 0.717) is 18.3 Å². The Hall–Kier alpha value is -1.89. The average Bonchev–Trinajstić information content (AvgIpc) is 2.45. The summed E-state index contributed by atoms with van der Waals surface area (Å²) < 4.78 is 0. The van der Waals surface area contributed by atoms with Crippen molar-refractivity contribution >= 4 is 17.3 Å². The third kappa shape index (κ3) is 4.04. The second-order valence-electron chi connectivity index (χ2n) is 5.86. The first-order valence-electron chi connectivity index (χ1n) is 7.30. The first-order valence-corrected chi connectivity index (χ1v) is 7.30. The first kappa shape index (κ1) is 15.5. The Balaban J connectivity index is 2.19. The van der Waals surface area contributed by atoms with Crippen molar-refractivity contribution in [2.45, 2.75) is 13.8 Å². The Bertz CT molecular complexity index is 498. The van der Waals surface area contributed by atoms with Crippen LogP contribution in [0.4, 0.5) is 17.3 Å². The number of nitrogens with zero attached hydrogens (tertiary/aromatic N) is 4. The summed E-state index contributed by atoms with van der Waals surface area (Å²) in [6.07, 6.45) is 0. The lowest BCUT2D eigenvalue weighted by molar-refractivity contribution is -0.384. The van der Waals surface area contributed by atoms with Crippen LogP contribution in [0.25, 0.3) is 0 Å². The Labute approximate surface area is 125 Å². The summed E-state index contributed by atoms with van der Waals surface area (Å²) in [5.41, 5.74) is 0.0357. The van der Waals surface area contributed by atoms with Crippen LogP contribution in [-0.4, -0.2) is 54.6 Å². The van der Waals surface area contributed by atoms with Crippen LogP contribution in [0.1, 0.15) is 13.8 Å². The summed E-state index contributed by atoms with van der Waals surface area (Å²) >= 11 is 0. The van der Waals surface area contributed by atoms with E-state index >= 15 is 0 Å². The van der Waals surface area contributed by atoms with Crippen LogP contribution in [0.5, 0.6) is 0 Å². The highest BCUT2D eigenvalue weighted by Crippen LogP contribution is 2.26. The fourth-order valence-corrected chi connectivity index (χ4v) is 2.23. The predicted molar refractivity (Wildman–Crippen MR) is 83.9 cm³/mol. The van der Waals surface area contributed by atoms with Crippen LogP contribution < -0.4 is 10.2 Å². The first-order chi connectivity index (χ1) is 9.97. The summed E-state index contributed by atoms with van der Waals surface area (Å²) in [5.74, 6) is 1.57. The lowest BCUT2D eigenvalue weighted by Crippen LogP contribution is -2.44. The minimum Gasteiger partial charge on any atom is -0.364 e. The molecule has 1 fully saturated rings. The van der Waals surface area contributed by atoms with Gasteiger partial charge < -0.3 is 15.1 Å². The minimum atomic E-state index is -0.385. The minimum absolute atomic E-state index is 0.0357. The molecule has 116 valence electrons. The van der Waals surface area contributed by atoms with Crippen molar-refractivity contribution in [3.05, 3.63) is 22.2 Å². The quantitative estimate of drug-likeness (QED) is 0.659. The molecule has 1 N–H and O–H groups in total. The molecule has 0 saturated carbocycles. The number of pyridine rings is 1. The van der Waals surface area contributed by atoms with Gasteiger partial charge in [-0.25, -0.2) is 4.98 Å². The number of nitro groups is 1. The van der Waals surface area contributed by atoms with Gasteiger partial charge in [0.25, 0.3) is 0 Å². The van der Waals surface area contributed by atoms with Crippen LogP contribution in [0.15, 0.2) is 12.1 Å². The normalized spacial score (nSPS) is 16.3. The van der Waals surface area contributed by atoms with Gasteiger partial charge in [0.15, 0.2) is 0 Å². The van der Waals surface area contributed by atoms with Crippen LogP contribution in [0.3, 0.4) is 0 Å². The number of piperazine rings is 1. The van der Waals surface area contributed by atoms with Crippen LogP contribution in [0.2, 0.25) is 0 Å². The Morgan fingerprint density at radius 3 is 2.57 bits per heavy atom. The van der Waals surface area contributed by atoms with Crippen molar-refractivity contribution < 1.29 is 4.92 Å². The SMILES string of the molecule is CC(C)CNc1nc(N2CCN(C)CC2)ccc1[N+](=O)[O-]. The Kier molecular flexibility index (Phi) is 4.95. The zero-order valence-corrected chi connectivity index (χ0v) is 12.9. The summed E-state index contributed by atoms with van der Waals surface area (Å²) in [4.78, 5) is 19.6. The van der Waals surface area contributed by atoms with Crippen molar-refractivity contribution in [1.82, 2.24) is 9.88 Å². The third-order valence-corrected chi connectivity index (χ3v) is 3.56. The van der Waals surface area contributed by atoms with E-state index in [1.807, 2.05) is 0 Å². The highest BCUT2D eigenvalue weighted by Gasteiger charge is 2.20. The van der Waals surface area contributed by atoms with E-state index in [1.165, 1.54) is 0 Å². The molecule has 1 saturated heterocycles. The highest BCUT2D eigenvalue weighted by atomic mass is 16.6. The van der Waals surface area contributed by atoms with Gasteiger partial charge in [0.2, 0.25) is 5.82 Å². The third-order valence-electron chi connectivity index (χ3n) is 3.56. The summed E-state index contributed by atoms with van der Waals surface area (Å²) in [6.45, 7) is 8.53. The van der Waals surface area contributed by atoms with Crippen molar-refractivity contribution in [2.24, 2.45) is 5.92 Å². The van der Waals surface area contributed by atoms with Gasteiger partial charge in [-0.05, 0) is 19.0 Å². The van der Waals surface area contributed by atoms with E-state index in [0.717, 1.165) is 32.0 Å². The van der Waals surface area contributed by atoms with E-state index in [1.54, 1.807) is 12.1 Å². The molecule has 0 aliphatic carbocycles. The molecule has 0 bridgehead atoms. The molecule has 0 aromatic carbocycles. The van der Waals surface area contributed by atoms with Gasteiger partial charge in [-0.3, -0.25) is 10.1 Å². The smallest absolute Gasteiger partial charge is 0.311 e. The molecule has 0 amide bonds. The Morgan fingerprint density at radius 2 is 2.00 bits per heavy atom. The van der Waals surface area contributed by atoms with Crippen molar-refractivity contribution in [3.63, 3.8) is 0 Å². The number of hydrogen-bond donors (Lipinski definition) is 1. The second kappa shape index (κ2) is 6.71. The molecule has 1 aliphatic heterocycles. The molecule has 0 radical (unpaired) electrons. The molecule has 1 aliphatic rings. The number of rotatable bonds is 5. The lowest BCUT2D eigenvalue weighted by Gasteiger charge is -2.33. The number of anilines is 2. The maximum absolute atomic E-state index is 11.1. The van der Waals surface area contributed by atoms with E-state index in [9.17, 15) is 10.1 Å². The van der Waals surface area contributed by atoms with Crippen molar-refractivity contribution in [1.29, 1.82) is 0 Å². The molecule has 0 atom stereocenters. The molecule has 2 heterocycles. The molecule has 21 heavy (non-hydrogen) atoms. The Morgan fingerprint density at radius 1 is 1.33 bits per heavy atom. The molecule has 2 rings (SSSR count). The van der Waals surface area contributed by atoms with Crippen LogP contribution in [0, 0.1) is 16.0 Å². The number of nitrogens with one attached hydrogen (secondary N) is 1. The predicted octanol–water partition coefficient (Wildman–Crippen LogP) is 1.81. The number of likely N-dealkylation sites (N-methyl/N-ethyl adjacent to an activating group) is 1. The lowest BCUT2D eigenvalue weighted by atomic mass is 10.2. The largest absolute Gasteiger partial charge is 0.364 e. The zero-order valence-electron chi connectivity index (χ0n) is 12.9. The van der Waals surface area contributed by atoms with E-state index < -0.39 is 0 Å².